The molecule has 2 aromatic rings. The van der Waals surface area contributed by atoms with Crippen LogP contribution in [0.2, 0.25) is 0 Å². The zero-order chi connectivity index (χ0) is 13.1. The first-order valence-corrected chi connectivity index (χ1v) is 6.87. The number of halogens is 1. The van der Waals surface area contributed by atoms with E-state index < -0.39 is 0 Å². The van der Waals surface area contributed by atoms with Crippen molar-refractivity contribution in [2.75, 3.05) is 14.2 Å². The molecule has 18 heavy (non-hydrogen) atoms. The molecule has 0 saturated heterocycles. The van der Waals surface area contributed by atoms with Gasteiger partial charge in [-0.1, -0.05) is 0 Å². The Hall–Kier alpha value is -1.11. The Balaban J connectivity index is 2.48. The fourth-order valence-corrected chi connectivity index (χ4v) is 3.03. The number of hydrogen-bond acceptors (Lipinski definition) is 5. The lowest BCUT2D eigenvalue weighted by atomic mass is 10.2. The highest BCUT2D eigenvalue weighted by atomic mass is 79.9. The molecule has 0 amide bonds. The van der Waals surface area contributed by atoms with E-state index in [1.807, 2.05) is 18.2 Å². The predicted octanol–water partition coefficient (Wildman–Crippen LogP) is 3.05. The van der Waals surface area contributed by atoms with Gasteiger partial charge in [-0.05, 0) is 28.1 Å². The van der Waals surface area contributed by atoms with E-state index >= 15 is 0 Å². The summed E-state index contributed by atoms with van der Waals surface area (Å²) in [5.74, 6) is 1.48. The Bertz CT molecular complexity index is 535. The molecule has 0 aliphatic heterocycles. The van der Waals surface area contributed by atoms with Gasteiger partial charge in [0, 0.05) is 18.2 Å². The molecule has 0 unspecified atom stereocenters. The van der Waals surface area contributed by atoms with Crippen molar-refractivity contribution in [1.29, 1.82) is 0 Å². The normalized spacial score (nSPS) is 10.4. The first-order valence-electron chi connectivity index (χ1n) is 5.26. The van der Waals surface area contributed by atoms with Crippen molar-refractivity contribution in [2.24, 2.45) is 5.73 Å². The topological polar surface area (TPSA) is 57.4 Å². The summed E-state index contributed by atoms with van der Waals surface area (Å²) in [4.78, 5) is 5.47. The van der Waals surface area contributed by atoms with E-state index in [0.29, 0.717) is 6.54 Å². The number of nitrogens with two attached hydrogens (primary N) is 1. The van der Waals surface area contributed by atoms with Gasteiger partial charge in [-0.2, -0.15) is 0 Å². The number of methoxy groups -OCH3 is 2. The van der Waals surface area contributed by atoms with Crippen LogP contribution in [0.3, 0.4) is 0 Å². The Kier molecular flexibility index (Phi) is 4.21. The van der Waals surface area contributed by atoms with Crippen molar-refractivity contribution < 1.29 is 9.47 Å². The van der Waals surface area contributed by atoms with Gasteiger partial charge in [0.2, 0.25) is 0 Å². The van der Waals surface area contributed by atoms with Crippen LogP contribution >= 0.6 is 27.3 Å². The molecule has 0 bridgehead atoms. The second kappa shape index (κ2) is 5.69. The highest BCUT2D eigenvalue weighted by Crippen LogP contribution is 2.35. The van der Waals surface area contributed by atoms with E-state index in [9.17, 15) is 0 Å². The summed E-state index contributed by atoms with van der Waals surface area (Å²) < 4.78 is 11.3. The molecule has 0 aliphatic rings. The van der Waals surface area contributed by atoms with Gasteiger partial charge < -0.3 is 15.2 Å². The highest BCUT2D eigenvalue weighted by molar-refractivity contribution is 9.10. The van der Waals surface area contributed by atoms with E-state index in [-0.39, 0.29) is 0 Å². The Labute approximate surface area is 118 Å². The van der Waals surface area contributed by atoms with Crippen LogP contribution < -0.4 is 15.2 Å². The first-order chi connectivity index (χ1) is 8.67. The van der Waals surface area contributed by atoms with Gasteiger partial charge in [0.25, 0.3) is 0 Å². The van der Waals surface area contributed by atoms with Crippen molar-refractivity contribution in [2.45, 2.75) is 6.54 Å². The fourth-order valence-electron chi connectivity index (χ4n) is 1.51. The molecule has 0 radical (unpaired) electrons. The van der Waals surface area contributed by atoms with Gasteiger partial charge >= 0.3 is 0 Å². The molecule has 0 fully saturated rings. The summed E-state index contributed by atoms with van der Waals surface area (Å²) in [5, 5.41) is 0.888. The first kappa shape index (κ1) is 13.3. The average Bonchev–Trinajstić information content (AvgIpc) is 2.79. The molecule has 0 atom stereocenters. The van der Waals surface area contributed by atoms with Crippen LogP contribution in [0.5, 0.6) is 11.5 Å². The molecule has 1 aromatic heterocycles. The maximum atomic E-state index is 5.65. The van der Waals surface area contributed by atoms with E-state index in [4.69, 9.17) is 15.2 Å². The number of thiazole rings is 1. The number of aromatic nitrogens is 1. The summed E-state index contributed by atoms with van der Waals surface area (Å²) in [6.45, 7) is 0.472. The molecule has 6 heteroatoms. The predicted molar refractivity (Wildman–Crippen MR) is 76.2 cm³/mol. The standard InChI is InChI=1S/C12H13BrN2O2S/c1-16-8-3-7(4-9(5-8)17-2)12-15-11(13)10(6-14)18-12/h3-5H,6,14H2,1-2H3. The number of nitrogens with zero attached hydrogens (tertiary/aromatic N) is 1. The summed E-state index contributed by atoms with van der Waals surface area (Å²) in [7, 11) is 3.25. The molecular formula is C12H13BrN2O2S. The van der Waals surface area contributed by atoms with Gasteiger partial charge in [-0.3, -0.25) is 0 Å². The molecule has 0 saturated carbocycles. The SMILES string of the molecule is COc1cc(OC)cc(-c2nc(Br)c(CN)s2)c1. The van der Waals surface area contributed by atoms with Crippen LogP contribution in [0, 0.1) is 0 Å². The fraction of sp³-hybridized carbons (Fsp3) is 0.250. The number of ether oxygens (including phenoxy) is 2. The minimum atomic E-state index is 0.472. The lowest BCUT2D eigenvalue weighted by molar-refractivity contribution is 0.394. The molecule has 4 nitrogen and oxygen atoms in total. The zero-order valence-electron chi connectivity index (χ0n) is 10.1. The van der Waals surface area contributed by atoms with Crippen molar-refractivity contribution in [1.82, 2.24) is 4.98 Å². The van der Waals surface area contributed by atoms with Gasteiger partial charge in [-0.15, -0.1) is 11.3 Å². The van der Waals surface area contributed by atoms with Gasteiger partial charge in [0.1, 0.15) is 21.1 Å². The molecule has 1 aromatic carbocycles. The van der Waals surface area contributed by atoms with Gasteiger partial charge in [0.15, 0.2) is 0 Å². The molecular weight excluding hydrogens is 316 g/mol. The smallest absolute Gasteiger partial charge is 0.125 e. The Morgan fingerprint density at radius 2 is 1.83 bits per heavy atom. The van der Waals surface area contributed by atoms with Crippen molar-refractivity contribution in [3.8, 4) is 22.1 Å². The maximum Gasteiger partial charge on any atom is 0.125 e. The van der Waals surface area contributed by atoms with E-state index in [1.54, 1.807) is 25.6 Å². The largest absolute Gasteiger partial charge is 0.497 e. The molecule has 96 valence electrons. The van der Waals surface area contributed by atoms with Crippen LogP contribution in [-0.4, -0.2) is 19.2 Å². The van der Waals surface area contributed by atoms with E-state index in [1.165, 1.54) is 0 Å². The number of hydrogen-bond donors (Lipinski definition) is 1. The van der Waals surface area contributed by atoms with Crippen molar-refractivity contribution in [3.05, 3.63) is 27.7 Å². The molecule has 2 N–H and O–H groups in total. The van der Waals surface area contributed by atoms with E-state index in [0.717, 1.165) is 31.6 Å². The Morgan fingerprint density at radius 3 is 2.28 bits per heavy atom. The minimum absolute atomic E-state index is 0.472. The summed E-state index contributed by atoms with van der Waals surface area (Å²) >= 11 is 4.96. The van der Waals surface area contributed by atoms with Crippen LogP contribution in [0.4, 0.5) is 0 Å². The summed E-state index contributed by atoms with van der Waals surface area (Å²) in [6.07, 6.45) is 0. The monoisotopic (exact) mass is 328 g/mol. The second-order valence-corrected chi connectivity index (χ2v) is 5.37. The van der Waals surface area contributed by atoms with Crippen LogP contribution in [0.25, 0.3) is 10.6 Å². The average molecular weight is 329 g/mol. The number of benzene rings is 1. The quantitative estimate of drug-likeness (QED) is 0.937. The van der Waals surface area contributed by atoms with Crippen molar-refractivity contribution >= 4 is 27.3 Å². The Morgan fingerprint density at radius 1 is 1.22 bits per heavy atom. The van der Waals surface area contributed by atoms with Crippen molar-refractivity contribution in [3.63, 3.8) is 0 Å². The molecule has 0 aliphatic carbocycles. The highest BCUT2D eigenvalue weighted by Gasteiger charge is 2.11. The zero-order valence-corrected chi connectivity index (χ0v) is 12.5. The van der Waals surface area contributed by atoms with Gasteiger partial charge in [-0.25, -0.2) is 4.98 Å². The summed E-state index contributed by atoms with van der Waals surface area (Å²) in [6, 6.07) is 5.68. The molecule has 0 spiro atoms. The lowest BCUT2D eigenvalue weighted by Crippen LogP contribution is -1.92. The third-order valence-electron chi connectivity index (χ3n) is 2.43. The molecule has 1 heterocycles. The van der Waals surface area contributed by atoms with Crippen LogP contribution in [0.15, 0.2) is 22.8 Å². The summed E-state index contributed by atoms with van der Waals surface area (Å²) in [5.41, 5.74) is 6.60. The lowest BCUT2D eigenvalue weighted by Gasteiger charge is -2.06. The van der Waals surface area contributed by atoms with Crippen LogP contribution in [-0.2, 0) is 6.54 Å². The van der Waals surface area contributed by atoms with Gasteiger partial charge in [0.05, 0.1) is 19.1 Å². The second-order valence-electron chi connectivity index (χ2n) is 3.54. The third-order valence-corrected chi connectivity index (χ3v) is 4.48. The maximum absolute atomic E-state index is 5.65. The minimum Gasteiger partial charge on any atom is -0.497 e. The molecule has 2 rings (SSSR count). The van der Waals surface area contributed by atoms with E-state index in [2.05, 4.69) is 20.9 Å². The third kappa shape index (κ3) is 2.66. The van der Waals surface area contributed by atoms with Crippen LogP contribution in [0.1, 0.15) is 4.88 Å². The number of rotatable bonds is 4.